The minimum atomic E-state index is -0.411. The van der Waals surface area contributed by atoms with E-state index in [-0.39, 0.29) is 0 Å². The van der Waals surface area contributed by atoms with Crippen molar-refractivity contribution in [1.29, 1.82) is 0 Å². The summed E-state index contributed by atoms with van der Waals surface area (Å²) in [5, 5.41) is 2.26. The fraction of sp³-hybridized carbons (Fsp3) is 0.0448. The highest BCUT2D eigenvalue weighted by Gasteiger charge is 2.46. The smallest absolute Gasteiger partial charge is 0.143 e. The first-order chi connectivity index (χ1) is 34.1. The zero-order valence-electron chi connectivity index (χ0n) is 38.7. The minimum absolute atomic E-state index is 0.411. The lowest BCUT2D eigenvalue weighted by Gasteiger charge is -2.33. The van der Waals surface area contributed by atoms with E-state index >= 15 is 0 Å². The molecule has 69 heavy (non-hydrogen) atoms. The monoisotopic (exact) mass is 883 g/mol. The fourth-order valence-electron chi connectivity index (χ4n) is 10.9. The van der Waals surface area contributed by atoms with Gasteiger partial charge in [-0.2, -0.15) is 0 Å². The molecular formula is C67H49NO. The van der Waals surface area contributed by atoms with Gasteiger partial charge in [-0.25, -0.2) is 0 Å². The zero-order valence-corrected chi connectivity index (χ0v) is 38.7. The second-order valence-corrected chi connectivity index (χ2v) is 18.0. The first kappa shape index (κ1) is 41.7. The SMILES string of the molecule is C/C=C(\C=C(/C)N(c1ccc(-c2cccc3c2oc2ccccc23)cc1)c1cccc(-c2ccc(-c3ccc4c(c3)-c3ccccc3C4(c3ccccc3)c3ccccc3)cc2)c1)c1ccccc1. The molecule has 0 amide bonds. The molecule has 11 aromatic rings. The Morgan fingerprint density at radius 2 is 0.971 bits per heavy atom. The van der Waals surface area contributed by atoms with Gasteiger partial charge in [-0.05, 0) is 129 Å². The lowest BCUT2D eigenvalue weighted by Crippen LogP contribution is -2.28. The van der Waals surface area contributed by atoms with Crippen molar-refractivity contribution in [3.8, 4) is 44.5 Å². The number of nitrogens with zero attached hydrogens (tertiary/aromatic N) is 1. The van der Waals surface area contributed by atoms with Gasteiger partial charge in [0.1, 0.15) is 11.2 Å². The molecule has 1 aromatic heterocycles. The van der Waals surface area contributed by atoms with Gasteiger partial charge in [0.05, 0.1) is 5.41 Å². The standard InChI is InChI=1S/C67H49NO/c1-3-47(48-19-7-4-8-20-48)43-46(2)68(56-40-37-51(38-41-56)58-29-18-30-61-60-28-14-16-32-65(60)69-66(58)61)57-26-17-21-52(44-57)49-33-35-50(36-34-49)53-39-42-64-62(45-53)59-27-13-15-31-63(59)67(64,54-22-9-5-10-23-54)55-24-11-6-12-25-55/h3-45H,1-2H3/b46-43+,47-3+. The van der Waals surface area contributed by atoms with Crippen molar-refractivity contribution < 1.29 is 4.42 Å². The molecule has 12 rings (SSSR count). The summed E-state index contributed by atoms with van der Waals surface area (Å²) in [6, 6.07) is 90.2. The fourth-order valence-corrected chi connectivity index (χ4v) is 10.9. The van der Waals surface area contributed by atoms with E-state index in [0.29, 0.717) is 0 Å². The van der Waals surface area contributed by atoms with Gasteiger partial charge in [-0.1, -0.05) is 218 Å². The number of furan rings is 1. The van der Waals surface area contributed by atoms with Crippen molar-refractivity contribution in [2.45, 2.75) is 19.3 Å². The largest absolute Gasteiger partial charge is 0.455 e. The summed E-state index contributed by atoms with van der Waals surface area (Å²) in [5.74, 6) is 0. The lowest BCUT2D eigenvalue weighted by molar-refractivity contribution is 0.670. The van der Waals surface area contributed by atoms with Crippen LogP contribution < -0.4 is 4.90 Å². The summed E-state index contributed by atoms with van der Waals surface area (Å²) in [6.07, 6.45) is 4.48. The molecule has 0 unspecified atom stereocenters. The average Bonchev–Trinajstić information content (AvgIpc) is 3.95. The van der Waals surface area contributed by atoms with Crippen molar-refractivity contribution in [3.63, 3.8) is 0 Å². The molecule has 328 valence electrons. The maximum absolute atomic E-state index is 6.45. The van der Waals surface area contributed by atoms with Gasteiger partial charge in [-0.15, -0.1) is 0 Å². The predicted octanol–water partition coefficient (Wildman–Crippen LogP) is 18.1. The number of benzene rings is 10. The Morgan fingerprint density at radius 3 is 1.68 bits per heavy atom. The van der Waals surface area contributed by atoms with Gasteiger partial charge in [-0.3, -0.25) is 0 Å². The van der Waals surface area contributed by atoms with Gasteiger partial charge in [0.15, 0.2) is 0 Å². The molecule has 2 nitrogen and oxygen atoms in total. The van der Waals surface area contributed by atoms with Crippen molar-refractivity contribution in [2.75, 3.05) is 4.90 Å². The lowest BCUT2D eigenvalue weighted by atomic mass is 9.67. The number of rotatable bonds is 10. The molecule has 0 saturated heterocycles. The third-order valence-electron chi connectivity index (χ3n) is 14.1. The van der Waals surface area contributed by atoms with Gasteiger partial charge < -0.3 is 9.32 Å². The molecule has 0 N–H and O–H groups in total. The summed E-state index contributed by atoms with van der Waals surface area (Å²) in [6.45, 7) is 4.31. The van der Waals surface area contributed by atoms with Crippen molar-refractivity contribution in [1.82, 2.24) is 0 Å². The van der Waals surface area contributed by atoms with Crippen LogP contribution in [0.25, 0.3) is 72.0 Å². The van der Waals surface area contributed by atoms with E-state index in [1.807, 2.05) is 12.1 Å². The van der Waals surface area contributed by atoms with Crippen LogP contribution in [0.1, 0.15) is 41.7 Å². The molecule has 2 heteroatoms. The van der Waals surface area contributed by atoms with Crippen molar-refractivity contribution in [3.05, 3.63) is 294 Å². The van der Waals surface area contributed by atoms with Crippen LogP contribution in [-0.4, -0.2) is 0 Å². The second kappa shape index (κ2) is 17.5. The zero-order chi connectivity index (χ0) is 46.3. The third kappa shape index (κ3) is 7.21. The van der Waals surface area contributed by atoms with Crippen LogP contribution in [0.5, 0.6) is 0 Å². The molecule has 0 saturated carbocycles. The molecule has 0 aliphatic heterocycles. The first-order valence-corrected chi connectivity index (χ1v) is 23.9. The Labute approximate surface area is 404 Å². The van der Waals surface area contributed by atoms with Crippen LogP contribution in [0.15, 0.2) is 271 Å². The average molecular weight is 884 g/mol. The number of anilines is 2. The maximum Gasteiger partial charge on any atom is 0.143 e. The van der Waals surface area contributed by atoms with E-state index < -0.39 is 5.41 Å². The van der Waals surface area contributed by atoms with Crippen LogP contribution in [0.4, 0.5) is 11.4 Å². The molecule has 10 aromatic carbocycles. The van der Waals surface area contributed by atoms with Gasteiger partial charge in [0.2, 0.25) is 0 Å². The normalized spacial score (nSPS) is 13.1. The Bertz CT molecular complexity index is 3670. The quantitative estimate of drug-likeness (QED) is 0.127. The van der Waals surface area contributed by atoms with Gasteiger partial charge in [0.25, 0.3) is 0 Å². The first-order valence-electron chi connectivity index (χ1n) is 23.9. The third-order valence-corrected chi connectivity index (χ3v) is 14.1. The topological polar surface area (TPSA) is 16.4 Å². The summed E-state index contributed by atoms with van der Waals surface area (Å²) < 4.78 is 6.45. The summed E-state index contributed by atoms with van der Waals surface area (Å²) in [5.41, 5.74) is 21.6. The van der Waals surface area contributed by atoms with E-state index in [1.165, 1.54) is 55.6 Å². The summed E-state index contributed by atoms with van der Waals surface area (Å²) in [7, 11) is 0. The molecule has 1 heterocycles. The van der Waals surface area contributed by atoms with Crippen LogP contribution in [0.2, 0.25) is 0 Å². The number of hydrogen-bond donors (Lipinski definition) is 0. The summed E-state index contributed by atoms with van der Waals surface area (Å²) >= 11 is 0. The van der Waals surface area contributed by atoms with Gasteiger partial charge in [0, 0.05) is 33.4 Å². The Balaban J connectivity index is 0.903. The highest BCUT2D eigenvalue weighted by atomic mass is 16.3. The molecule has 0 radical (unpaired) electrons. The predicted molar refractivity (Wildman–Crippen MR) is 290 cm³/mol. The molecule has 0 atom stereocenters. The van der Waals surface area contributed by atoms with Crippen LogP contribution >= 0.6 is 0 Å². The van der Waals surface area contributed by atoms with Crippen molar-refractivity contribution >= 4 is 38.9 Å². The Morgan fingerprint density at radius 1 is 0.420 bits per heavy atom. The van der Waals surface area contributed by atoms with Crippen LogP contribution in [0.3, 0.4) is 0 Å². The maximum atomic E-state index is 6.45. The van der Waals surface area contributed by atoms with Crippen molar-refractivity contribution in [2.24, 2.45) is 0 Å². The summed E-state index contributed by atoms with van der Waals surface area (Å²) in [4.78, 5) is 2.36. The van der Waals surface area contributed by atoms with E-state index in [1.54, 1.807) is 0 Å². The number of allylic oxidation sites excluding steroid dienone is 4. The van der Waals surface area contributed by atoms with E-state index in [0.717, 1.165) is 61.3 Å². The molecule has 1 aliphatic carbocycles. The Hall–Kier alpha value is -8.72. The van der Waals surface area contributed by atoms with E-state index in [2.05, 4.69) is 267 Å². The van der Waals surface area contributed by atoms with E-state index in [4.69, 9.17) is 4.42 Å². The van der Waals surface area contributed by atoms with Crippen LogP contribution in [0, 0.1) is 0 Å². The second-order valence-electron chi connectivity index (χ2n) is 18.0. The number of para-hydroxylation sites is 2. The number of fused-ring (bicyclic) bond motifs is 6. The molecular weight excluding hydrogens is 835 g/mol. The molecule has 0 spiro atoms. The molecule has 0 bridgehead atoms. The van der Waals surface area contributed by atoms with Crippen LogP contribution in [-0.2, 0) is 5.41 Å². The molecule has 0 fully saturated rings. The number of hydrogen-bond acceptors (Lipinski definition) is 2. The minimum Gasteiger partial charge on any atom is -0.455 e. The van der Waals surface area contributed by atoms with Gasteiger partial charge >= 0.3 is 0 Å². The highest BCUT2D eigenvalue weighted by Crippen LogP contribution is 2.56. The Kier molecular flexibility index (Phi) is 10.6. The van der Waals surface area contributed by atoms with E-state index in [9.17, 15) is 0 Å². The molecule has 1 aliphatic rings. The highest BCUT2D eigenvalue weighted by molar-refractivity contribution is 6.09.